The maximum absolute atomic E-state index is 10.9. The van der Waals surface area contributed by atoms with Gasteiger partial charge in [0.15, 0.2) is 0 Å². The van der Waals surface area contributed by atoms with Crippen LogP contribution in [0, 0.1) is 5.41 Å². The van der Waals surface area contributed by atoms with Gasteiger partial charge in [-0.1, -0.05) is 20.8 Å². The van der Waals surface area contributed by atoms with Crippen LogP contribution in [0.15, 0.2) is 18.2 Å². The van der Waals surface area contributed by atoms with E-state index in [1.807, 2.05) is 13.8 Å². The van der Waals surface area contributed by atoms with Gasteiger partial charge < -0.3 is 9.26 Å². The van der Waals surface area contributed by atoms with Crippen molar-refractivity contribution < 1.29 is 23.6 Å². The molecule has 5 nitrogen and oxygen atoms in total. The Labute approximate surface area is 119 Å². The zero-order valence-corrected chi connectivity index (χ0v) is 13.3. The molecule has 0 bridgehead atoms. The minimum absolute atomic E-state index is 0.124. The molecule has 20 heavy (non-hydrogen) atoms. The van der Waals surface area contributed by atoms with Crippen molar-refractivity contribution in [2.45, 2.75) is 46.1 Å². The second-order valence-electron chi connectivity index (χ2n) is 6.34. The van der Waals surface area contributed by atoms with Gasteiger partial charge in [0, 0.05) is 11.0 Å². The summed E-state index contributed by atoms with van der Waals surface area (Å²) in [5, 5.41) is 0. The molecule has 112 valence electrons. The minimum Gasteiger partial charge on any atom is -0.487 e. The van der Waals surface area contributed by atoms with Crippen LogP contribution in [0.2, 0.25) is 0 Å². The highest BCUT2D eigenvalue weighted by molar-refractivity contribution is 7.46. The van der Waals surface area contributed by atoms with Crippen molar-refractivity contribution in [2.24, 2.45) is 5.41 Å². The topological polar surface area (TPSA) is 76.0 Å². The Morgan fingerprint density at radius 3 is 2.40 bits per heavy atom. The third-order valence-corrected chi connectivity index (χ3v) is 5.12. The fourth-order valence-corrected chi connectivity index (χ4v) is 2.86. The molecule has 0 saturated carbocycles. The molecular weight excluding hydrogens is 279 g/mol. The third kappa shape index (κ3) is 2.58. The van der Waals surface area contributed by atoms with Gasteiger partial charge in [0.1, 0.15) is 17.1 Å². The lowest BCUT2D eigenvalue weighted by Gasteiger charge is -2.50. The Kier molecular flexibility index (Phi) is 3.44. The van der Waals surface area contributed by atoms with Crippen LogP contribution in [0.1, 0.15) is 46.1 Å². The molecular formula is C14H21O5P. The Morgan fingerprint density at radius 1 is 1.25 bits per heavy atom. The van der Waals surface area contributed by atoms with Crippen LogP contribution in [-0.4, -0.2) is 15.4 Å². The number of hydrogen-bond donors (Lipinski definition) is 2. The average Bonchev–Trinajstić information content (AvgIpc) is 2.26. The fourth-order valence-electron chi connectivity index (χ4n) is 2.47. The van der Waals surface area contributed by atoms with Crippen molar-refractivity contribution in [3.63, 3.8) is 0 Å². The van der Waals surface area contributed by atoms with E-state index in [4.69, 9.17) is 14.5 Å². The maximum Gasteiger partial charge on any atom is 0.524 e. The smallest absolute Gasteiger partial charge is 0.487 e. The molecule has 2 N–H and O–H groups in total. The van der Waals surface area contributed by atoms with E-state index in [-0.39, 0.29) is 22.7 Å². The SMILES string of the molecule is CC1c2cc(OP(=O)(O)O)ccc2OC(C)(C)C1(C)C. The van der Waals surface area contributed by atoms with Crippen LogP contribution in [0.4, 0.5) is 0 Å². The number of rotatable bonds is 2. The van der Waals surface area contributed by atoms with Gasteiger partial charge in [-0.05, 0) is 38.0 Å². The monoisotopic (exact) mass is 300 g/mol. The lowest BCUT2D eigenvalue weighted by Crippen LogP contribution is -2.50. The lowest BCUT2D eigenvalue weighted by molar-refractivity contribution is -0.0432. The number of ether oxygens (including phenoxy) is 1. The Hall–Kier alpha value is -1.03. The predicted molar refractivity (Wildman–Crippen MR) is 76.0 cm³/mol. The van der Waals surface area contributed by atoms with E-state index >= 15 is 0 Å². The summed E-state index contributed by atoms with van der Waals surface area (Å²) in [6.07, 6.45) is 0. The molecule has 1 heterocycles. The molecule has 1 atom stereocenters. The highest BCUT2D eigenvalue weighted by Crippen LogP contribution is 2.53. The van der Waals surface area contributed by atoms with Gasteiger partial charge >= 0.3 is 7.82 Å². The summed E-state index contributed by atoms with van der Waals surface area (Å²) in [5.74, 6) is 1.06. The molecule has 2 rings (SSSR count). The van der Waals surface area contributed by atoms with Gasteiger partial charge in [0.2, 0.25) is 0 Å². The molecule has 0 aliphatic carbocycles. The summed E-state index contributed by atoms with van der Waals surface area (Å²) in [6.45, 7) is 10.4. The number of benzene rings is 1. The molecule has 1 aromatic rings. The standard InChI is InChI=1S/C14H21O5P/c1-9-11-8-10(19-20(15,16)17)6-7-12(11)18-14(4,5)13(9,2)3/h6-9H,1-5H3,(H2,15,16,17). The summed E-state index contributed by atoms with van der Waals surface area (Å²) < 4.78 is 21.6. The van der Waals surface area contributed by atoms with Gasteiger partial charge in [0.25, 0.3) is 0 Å². The first-order chi connectivity index (χ1) is 8.94. The Morgan fingerprint density at radius 2 is 1.85 bits per heavy atom. The van der Waals surface area contributed by atoms with E-state index in [1.165, 1.54) is 6.07 Å². The summed E-state index contributed by atoms with van der Waals surface area (Å²) in [4.78, 5) is 17.8. The molecule has 0 fully saturated rings. The van der Waals surface area contributed by atoms with Crippen molar-refractivity contribution in [3.05, 3.63) is 23.8 Å². The van der Waals surface area contributed by atoms with Crippen LogP contribution >= 0.6 is 7.82 Å². The molecule has 1 unspecified atom stereocenters. The van der Waals surface area contributed by atoms with E-state index in [1.54, 1.807) is 12.1 Å². The molecule has 1 aliphatic rings. The number of hydrogen-bond acceptors (Lipinski definition) is 3. The molecule has 6 heteroatoms. The summed E-state index contributed by atoms with van der Waals surface area (Å²) in [7, 11) is -4.54. The van der Waals surface area contributed by atoms with Crippen LogP contribution in [0.5, 0.6) is 11.5 Å². The molecule has 0 aromatic heterocycles. The molecule has 0 radical (unpaired) electrons. The molecule has 0 amide bonds. The van der Waals surface area contributed by atoms with Crippen molar-refractivity contribution in [3.8, 4) is 11.5 Å². The van der Waals surface area contributed by atoms with Crippen molar-refractivity contribution in [1.82, 2.24) is 0 Å². The predicted octanol–water partition coefficient (Wildman–Crippen LogP) is 3.46. The quantitative estimate of drug-likeness (QED) is 0.818. The fraction of sp³-hybridized carbons (Fsp3) is 0.571. The van der Waals surface area contributed by atoms with Gasteiger partial charge in [-0.2, -0.15) is 0 Å². The third-order valence-electron chi connectivity index (χ3n) is 4.67. The zero-order chi connectivity index (χ0) is 15.3. The number of phosphoric acid groups is 1. The van der Waals surface area contributed by atoms with Gasteiger partial charge in [0.05, 0.1) is 0 Å². The second-order valence-corrected chi connectivity index (χ2v) is 7.50. The van der Waals surface area contributed by atoms with E-state index in [2.05, 4.69) is 25.3 Å². The summed E-state index contributed by atoms with van der Waals surface area (Å²) in [6, 6.07) is 4.86. The highest BCUT2D eigenvalue weighted by Gasteiger charge is 2.48. The van der Waals surface area contributed by atoms with Crippen LogP contribution in [0.3, 0.4) is 0 Å². The van der Waals surface area contributed by atoms with Crippen molar-refractivity contribution >= 4 is 7.82 Å². The molecule has 0 saturated heterocycles. The van der Waals surface area contributed by atoms with Gasteiger partial charge in [-0.3, -0.25) is 9.79 Å². The summed E-state index contributed by atoms with van der Waals surface area (Å²) >= 11 is 0. The maximum atomic E-state index is 10.9. The number of fused-ring (bicyclic) bond motifs is 1. The van der Waals surface area contributed by atoms with Crippen LogP contribution in [0.25, 0.3) is 0 Å². The largest absolute Gasteiger partial charge is 0.524 e. The molecule has 0 spiro atoms. The molecule has 1 aromatic carbocycles. The van der Waals surface area contributed by atoms with Gasteiger partial charge in [-0.15, -0.1) is 0 Å². The van der Waals surface area contributed by atoms with E-state index in [0.717, 1.165) is 11.3 Å². The normalized spacial score (nSPS) is 23.6. The zero-order valence-electron chi connectivity index (χ0n) is 12.4. The summed E-state index contributed by atoms with van der Waals surface area (Å²) in [5.41, 5.74) is 0.450. The van der Waals surface area contributed by atoms with Crippen LogP contribution < -0.4 is 9.26 Å². The highest BCUT2D eigenvalue weighted by atomic mass is 31.2. The van der Waals surface area contributed by atoms with Gasteiger partial charge in [-0.25, -0.2) is 4.57 Å². The van der Waals surface area contributed by atoms with E-state index < -0.39 is 7.82 Å². The Balaban J connectivity index is 2.46. The minimum atomic E-state index is -4.54. The first kappa shape index (κ1) is 15.4. The van der Waals surface area contributed by atoms with Crippen LogP contribution in [-0.2, 0) is 4.57 Å². The average molecular weight is 300 g/mol. The first-order valence-corrected chi connectivity index (χ1v) is 8.05. The first-order valence-electron chi connectivity index (χ1n) is 6.52. The molecule has 1 aliphatic heterocycles. The second kappa shape index (κ2) is 4.48. The Bertz CT molecular complexity index is 573. The van der Waals surface area contributed by atoms with E-state index in [0.29, 0.717) is 0 Å². The van der Waals surface area contributed by atoms with Crippen molar-refractivity contribution in [1.29, 1.82) is 0 Å². The lowest BCUT2D eigenvalue weighted by atomic mass is 9.64. The van der Waals surface area contributed by atoms with Crippen molar-refractivity contribution in [2.75, 3.05) is 0 Å². The number of phosphoric ester groups is 1. The van der Waals surface area contributed by atoms with E-state index in [9.17, 15) is 4.57 Å².